The maximum atomic E-state index is 11.8. The Bertz CT molecular complexity index is 422. The Hall–Kier alpha value is -1.45. The van der Waals surface area contributed by atoms with Crippen LogP contribution >= 0.6 is 8.18 Å². The number of nitrogens with one attached hydrogen (secondary N) is 1. The summed E-state index contributed by atoms with van der Waals surface area (Å²) in [6.45, 7) is 3.95. The first kappa shape index (κ1) is 15.6. The lowest BCUT2D eigenvalue weighted by molar-refractivity contribution is -0.143. The standard InChI is InChI=1S/C13H19NO4P/c1-10(2)9-12(13(15)17-3)14-19(16)18-11-7-5-4-6-8-11/h4-8,10,12H,9H2,1-3H3,(H,14,16)/q+1/t12-/m0/s1. The monoisotopic (exact) mass is 284 g/mol. The first-order chi connectivity index (χ1) is 9.02. The average molecular weight is 284 g/mol. The molecule has 0 radical (unpaired) electrons. The maximum absolute atomic E-state index is 11.8. The van der Waals surface area contributed by atoms with Crippen LogP contribution in [0.5, 0.6) is 5.75 Å². The highest BCUT2D eigenvalue weighted by Gasteiger charge is 2.31. The van der Waals surface area contributed by atoms with Gasteiger partial charge >= 0.3 is 14.1 Å². The summed E-state index contributed by atoms with van der Waals surface area (Å²) >= 11 is 0. The lowest BCUT2D eigenvalue weighted by atomic mass is 10.1. The summed E-state index contributed by atoms with van der Waals surface area (Å²) in [4.78, 5) is 11.6. The predicted molar refractivity (Wildman–Crippen MR) is 73.1 cm³/mol. The van der Waals surface area contributed by atoms with Crippen molar-refractivity contribution in [1.29, 1.82) is 0 Å². The smallest absolute Gasteiger partial charge is 0.468 e. The van der Waals surface area contributed by atoms with E-state index in [4.69, 9.17) is 4.52 Å². The number of carbonyl (C=O) groups excluding carboxylic acids is 1. The Balaban J connectivity index is 2.58. The van der Waals surface area contributed by atoms with Crippen LogP contribution in [0, 0.1) is 5.92 Å². The molecule has 1 rings (SSSR count). The van der Waals surface area contributed by atoms with Gasteiger partial charge in [-0.25, -0.2) is 4.52 Å². The van der Waals surface area contributed by atoms with Crippen molar-refractivity contribution in [3.05, 3.63) is 30.3 Å². The van der Waals surface area contributed by atoms with E-state index in [1.54, 1.807) is 24.3 Å². The molecule has 0 aromatic heterocycles. The normalized spacial score (nSPS) is 12.9. The minimum absolute atomic E-state index is 0.275. The molecule has 0 bridgehead atoms. The van der Waals surface area contributed by atoms with E-state index in [0.29, 0.717) is 12.2 Å². The van der Waals surface area contributed by atoms with Crippen LogP contribution in [0.4, 0.5) is 0 Å². The van der Waals surface area contributed by atoms with Crippen LogP contribution in [0.2, 0.25) is 0 Å². The third kappa shape index (κ3) is 5.81. The number of benzene rings is 1. The summed E-state index contributed by atoms with van der Waals surface area (Å²) in [6.07, 6.45) is 0.534. The Morgan fingerprint density at radius 3 is 2.47 bits per heavy atom. The van der Waals surface area contributed by atoms with Crippen LogP contribution in [-0.4, -0.2) is 19.1 Å². The molecule has 1 N–H and O–H groups in total. The zero-order chi connectivity index (χ0) is 14.3. The summed E-state index contributed by atoms with van der Waals surface area (Å²) in [7, 11) is -0.858. The van der Waals surface area contributed by atoms with Crippen LogP contribution in [0.3, 0.4) is 0 Å². The molecule has 19 heavy (non-hydrogen) atoms. The van der Waals surface area contributed by atoms with E-state index in [9.17, 15) is 9.36 Å². The number of para-hydroxylation sites is 1. The molecule has 0 saturated carbocycles. The Morgan fingerprint density at radius 2 is 1.95 bits per heavy atom. The van der Waals surface area contributed by atoms with E-state index in [1.165, 1.54) is 7.11 Å². The van der Waals surface area contributed by atoms with Gasteiger partial charge in [0, 0.05) is 4.57 Å². The molecule has 2 atom stereocenters. The maximum Gasteiger partial charge on any atom is 0.664 e. The molecule has 0 spiro atoms. The zero-order valence-electron chi connectivity index (χ0n) is 11.3. The van der Waals surface area contributed by atoms with Crippen molar-refractivity contribution < 1.29 is 18.6 Å². The number of carbonyl (C=O) groups is 1. The molecule has 0 fully saturated rings. The number of rotatable bonds is 7. The molecular formula is C13H19NO4P+. The predicted octanol–water partition coefficient (Wildman–Crippen LogP) is 2.90. The van der Waals surface area contributed by atoms with Crippen LogP contribution in [0.15, 0.2) is 30.3 Å². The van der Waals surface area contributed by atoms with Gasteiger partial charge in [0.05, 0.1) is 7.11 Å². The lowest BCUT2D eigenvalue weighted by Crippen LogP contribution is -2.35. The summed E-state index contributed by atoms with van der Waals surface area (Å²) in [6, 6.07) is 8.17. The van der Waals surface area contributed by atoms with Crippen LogP contribution in [-0.2, 0) is 14.1 Å². The first-order valence-electron chi connectivity index (χ1n) is 6.07. The Kier molecular flexibility index (Phi) is 6.46. The van der Waals surface area contributed by atoms with Gasteiger partial charge in [-0.1, -0.05) is 37.1 Å². The fourth-order valence-electron chi connectivity index (χ4n) is 1.55. The highest BCUT2D eigenvalue weighted by Crippen LogP contribution is 2.24. The van der Waals surface area contributed by atoms with E-state index in [2.05, 4.69) is 9.82 Å². The molecule has 0 heterocycles. The number of esters is 1. The van der Waals surface area contributed by atoms with Crippen molar-refractivity contribution in [2.45, 2.75) is 26.3 Å². The fourth-order valence-corrected chi connectivity index (χ4v) is 2.38. The second-order valence-electron chi connectivity index (χ2n) is 4.50. The van der Waals surface area contributed by atoms with Crippen molar-refractivity contribution in [3.8, 4) is 5.75 Å². The summed E-state index contributed by atoms with van der Waals surface area (Å²) in [5.41, 5.74) is 0. The molecule has 104 valence electrons. The molecule has 1 aromatic rings. The van der Waals surface area contributed by atoms with Gasteiger partial charge in [0.15, 0.2) is 11.8 Å². The first-order valence-corrected chi connectivity index (χ1v) is 7.25. The SMILES string of the molecule is COC(=O)[C@H](CC(C)C)N[P+](=O)Oc1ccccc1. The molecule has 0 amide bonds. The molecule has 5 nitrogen and oxygen atoms in total. The highest BCUT2D eigenvalue weighted by atomic mass is 31.1. The van der Waals surface area contributed by atoms with Crippen molar-refractivity contribution in [2.24, 2.45) is 5.92 Å². The van der Waals surface area contributed by atoms with Gasteiger partial charge in [-0.2, -0.15) is 0 Å². The van der Waals surface area contributed by atoms with E-state index >= 15 is 0 Å². The minimum atomic E-state index is -2.17. The van der Waals surface area contributed by atoms with Gasteiger partial charge in [-0.05, 0) is 24.5 Å². The van der Waals surface area contributed by atoms with Crippen molar-refractivity contribution >= 4 is 14.1 Å². The third-order valence-corrected chi connectivity index (χ3v) is 3.28. The van der Waals surface area contributed by atoms with Gasteiger partial charge in [-0.15, -0.1) is 0 Å². The number of hydrogen-bond donors (Lipinski definition) is 1. The van der Waals surface area contributed by atoms with E-state index in [1.807, 2.05) is 19.9 Å². The second kappa shape index (κ2) is 7.87. The van der Waals surface area contributed by atoms with Gasteiger partial charge in [0.1, 0.15) is 0 Å². The topological polar surface area (TPSA) is 64.6 Å². The second-order valence-corrected chi connectivity index (χ2v) is 5.45. The lowest BCUT2D eigenvalue weighted by Gasteiger charge is -2.12. The summed E-state index contributed by atoms with van der Waals surface area (Å²) in [5.74, 6) is 0.328. The molecule has 1 aromatic carbocycles. The molecule has 6 heteroatoms. The van der Waals surface area contributed by atoms with Crippen LogP contribution in [0.25, 0.3) is 0 Å². The summed E-state index contributed by atoms with van der Waals surface area (Å²) < 4.78 is 21.7. The largest absolute Gasteiger partial charge is 0.664 e. The number of hydrogen-bond acceptors (Lipinski definition) is 4. The molecule has 0 aliphatic rings. The molecule has 0 aliphatic carbocycles. The zero-order valence-corrected chi connectivity index (χ0v) is 12.2. The van der Waals surface area contributed by atoms with E-state index < -0.39 is 20.2 Å². The fraction of sp³-hybridized carbons (Fsp3) is 0.462. The Labute approximate surface area is 114 Å². The van der Waals surface area contributed by atoms with Gasteiger partial charge < -0.3 is 4.74 Å². The Morgan fingerprint density at radius 1 is 1.32 bits per heavy atom. The summed E-state index contributed by atoms with van der Waals surface area (Å²) in [5, 5.41) is 2.66. The minimum Gasteiger partial charge on any atom is -0.468 e. The third-order valence-electron chi connectivity index (χ3n) is 2.39. The van der Waals surface area contributed by atoms with Crippen molar-refractivity contribution in [1.82, 2.24) is 5.09 Å². The molecule has 0 saturated heterocycles. The van der Waals surface area contributed by atoms with Crippen molar-refractivity contribution in [2.75, 3.05) is 7.11 Å². The van der Waals surface area contributed by atoms with E-state index in [-0.39, 0.29) is 5.92 Å². The van der Waals surface area contributed by atoms with Crippen molar-refractivity contribution in [3.63, 3.8) is 0 Å². The molecule has 1 unspecified atom stereocenters. The van der Waals surface area contributed by atoms with Gasteiger partial charge in [-0.3, -0.25) is 4.79 Å². The molecule has 0 aliphatic heterocycles. The highest BCUT2D eigenvalue weighted by molar-refractivity contribution is 7.37. The quantitative estimate of drug-likeness (QED) is 0.616. The van der Waals surface area contributed by atoms with Gasteiger partial charge in [0.2, 0.25) is 0 Å². The number of methoxy groups -OCH3 is 1. The van der Waals surface area contributed by atoms with E-state index in [0.717, 1.165) is 0 Å². The molecular weight excluding hydrogens is 265 g/mol. The average Bonchev–Trinajstić information content (AvgIpc) is 2.37. The van der Waals surface area contributed by atoms with Crippen LogP contribution < -0.4 is 9.61 Å². The van der Waals surface area contributed by atoms with Gasteiger partial charge in [0.25, 0.3) is 0 Å². The van der Waals surface area contributed by atoms with Crippen LogP contribution in [0.1, 0.15) is 20.3 Å². The number of ether oxygens (including phenoxy) is 1.